The monoisotopic (exact) mass is 312 g/mol. The molecule has 0 N–H and O–H groups in total. The van der Waals surface area contributed by atoms with Gasteiger partial charge in [0.25, 0.3) is 0 Å². The van der Waals surface area contributed by atoms with Crippen LogP contribution < -0.4 is 0 Å². The molecule has 0 bridgehead atoms. The number of nitrogens with zero attached hydrogens (tertiary/aromatic N) is 4. The lowest BCUT2D eigenvalue weighted by Crippen LogP contribution is -1.89. The van der Waals surface area contributed by atoms with Crippen molar-refractivity contribution >= 4 is 49.9 Å². The van der Waals surface area contributed by atoms with E-state index in [0.29, 0.717) is 0 Å². The van der Waals surface area contributed by atoms with Gasteiger partial charge < -0.3 is 8.98 Å². The number of rotatable bonds is 0. The Hall–Kier alpha value is -3.34. The Kier molecular flexibility index (Phi) is 1.99. The minimum absolute atomic E-state index is 0.809. The fraction of sp³-hybridized carbons (Fsp3) is 0.0526. The summed E-state index contributed by atoms with van der Waals surface area (Å²) in [5, 5.41) is 1.04. The van der Waals surface area contributed by atoms with Gasteiger partial charge in [-0.3, -0.25) is 9.38 Å². The van der Waals surface area contributed by atoms with Crippen molar-refractivity contribution in [1.29, 1.82) is 0 Å². The summed E-state index contributed by atoms with van der Waals surface area (Å²) in [5.74, 6) is 0.920. The molecule has 4 heterocycles. The Bertz CT molecular complexity index is 1420. The van der Waals surface area contributed by atoms with E-state index in [1.165, 1.54) is 0 Å². The van der Waals surface area contributed by atoms with Crippen LogP contribution in [-0.4, -0.2) is 18.9 Å². The average molecular weight is 312 g/mol. The van der Waals surface area contributed by atoms with Crippen LogP contribution in [0.15, 0.2) is 59.1 Å². The number of aromatic nitrogens is 4. The van der Waals surface area contributed by atoms with Crippen molar-refractivity contribution in [2.24, 2.45) is 7.05 Å². The van der Waals surface area contributed by atoms with Gasteiger partial charge >= 0.3 is 0 Å². The van der Waals surface area contributed by atoms with Crippen molar-refractivity contribution in [1.82, 2.24) is 18.9 Å². The normalized spacial score (nSPS) is 12.4. The van der Waals surface area contributed by atoms with Crippen LogP contribution in [0.25, 0.3) is 49.9 Å². The number of benzene rings is 2. The van der Waals surface area contributed by atoms with Gasteiger partial charge in [0.15, 0.2) is 5.58 Å². The molecule has 0 aliphatic carbocycles. The minimum atomic E-state index is 0.809. The second-order valence-corrected chi connectivity index (χ2v) is 6.05. The zero-order valence-corrected chi connectivity index (χ0v) is 12.9. The lowest BCUT2D eigenvalue weighted by Gasteiger charge is -1.98. The van der Waals surface area contributed by atoms with Crippen LogP contribution in [0.5, 0.6) is 0 Å². The molecule has 0 saturated carbocycles. The first-order valence-corrected chi connectivity index (χ1v) is 7.85. The van der Waals surface area contributed by atoms with E-state index in [9.17, 15) is 0 Å². The third kappa shape index (κ3) is 1.27. The number of furan rings is 1. The SMILES string of the molecule is Cn1c2c3c(ccc2n2c4ccccc4nc12)oc1cccnc13. The summed E-state index contributed by atoms with van der Waals surface area (Å²) < 4.78 is 10.3. The third-order valence-corrected chi connectivity index (χ3v) is 4.77. The summed E-state index contributed by atoms with van der Waals surface area (Å²) in [6.07, 6.45) is 1.81. The number of para-hydroxylation sites is 2. The van der Waals surface area contributed by atoms with Crippen LogP contribution in [0.3, 0.4) is 0 Å². The fourth-order valence-corrected chi connectivity index (χ4v) is 3.75. The molecule has 2 aromatic carbocycles. The molecular formula is C19H12N4O. The highest BCUT2D eigenvalue weighted by atomic mass is 16.3. The Morgan fingerprint density at radius 1 is 0.917 bits per heavy atom. The van der Waals surface area contributed by atoms with E-state index in [-0.39, 0.29) is 0 Å². The first-order valence-electron chi connectivity index (χ1n) is 7.85. The van der Waals surface area contributed by atoms with Gasteiger partial charge in [-0.15, -0.1) is 0 Å². The van der Waals surface area contributed by atoms with Crippen molar-refractivity contribution in [2.45, 2.75) is 0 Å². The van der Waals surface area contributed by atoms with E-state index < -0.39 is 0 Å². The maximum Gasteiger partial charge on any atom is 0.215 e. The molecule has 0 aliphatic rings. The molecule has 6 aromatic rings. The van der Waals surface area contributed by atoms with Crippen molar-refractivity contribution in [3.05, 3.63) is 54.7 Å². The number of aryl methyl sites for hydroxylation is 1. The molecule has 0 fully saturated rings. The van der Waals surface area contributed by atoms with E-state index in [1.54, 1.807) is 6.20 Å². The smallest absolute Gasteiger partial charge is 0.215 e. The highest BCUT2D eigenvalue weighted by molar-refractivity contribution is 6.16. The highest BCUT2D eigenvalue weighted by Crippen LogP contribution is 2.35. The quantitative estimate of drug-likeness (QED) is 0.421. The number of pyridine rings is 1. The summed E-state index contributed by atoms with van der Waals surface area (Å²) >= 11 is 0. The zero-order chi connectivity index (χ0) is 15.8. The molecule has 4 aromatic heterocycles. The van der Waals surface area contributed by atoms with Gasteiger partial charge in [-0.1, -0.05) is 12.1 Å². The zero-order valence-electron chi connectivity index (χ0n) is 12.9. The number of hydrogen-bond donors (Lipinski definition) is 0. The van der Waals surface area contributed by atoms with Crippen LogP contribution in [0.1, 0.15) is 0 Å². The lowest BCUT2D eigenvalue weighted by molar-refractivity contribution is 0.668. The summed E-state index contributed by atoms with van der Waals surface area (Å²) in [4.78, 5) is 9.34. The summed E-state index contributed by atoms with van der Waals surface area (Å²) in [6.45, 7) is 0. The summed E-state index contributed by atoms with van der Waals surface area (Å²) in [5.41, 5.74) is 6.87. The minimum Gasteiger partial charge on any atom is -0.454 e. The molecule has 0 saturated heterocycles. The Labute approximate surface area is 135 Å². The Morgan fingerprint density at radius 2 is 1.83 bits per heavy atom. The molecule has 6 rings (SSSR count). The van der Waals surface area contributed by atoms with E-state index >= 15 is 0 Å². The van der Waals surface area contributed by atoms with Crippen molar-refractivity contribution < 1.29 is 4.42 Å². The molecule has 0 atom stereocenters. The molecule has 0 radical (unpaired) electrons. The van der Waals surface area contributed by atoms with Crippen molar-refractivity contribution in [3.8, 4) is 0 Å². The highest BCUT2D eigenvalue weighted by Gasteiger charge is 2.19. The standard InChI is InChI=1S/C19H12N4O/c1-22-18-13(23-12-6-3-2-5-11(12)21-19(22)23)8-9-14-16(18)17-15(24-14)7-4-10-20-17/h2-10H,1H3. The van der Waals surface area contributed by atoms with Gasteiger partial charge in [-0.05, 0) is 36.4 Å². The van der Waals surface area contributed by atoms with Gasteiger partial charge in [0.05, 0.1) is 27.5 Å². The van der Waals surface area contributed by atoms with E-state index in [0.717, 1.165) is 49.9 Å². The van der Waals surface area contributed by atoms with E-state index in [4.69, 9.17) is 9.40 Å². The predicted molar refractivity (Wildman–Crippen MR) is 94.2 cm³/mol. The molecule has 0 spiro atoms. The molecule has 0 amide bonds. The van der Waals surface area contributed by atoms with E-state index in [1.807, 2.05) is 43.4 Å². The molecule has 0 unspecified atom stereocenters. The van der Waals surface area contributed by atoms with Crippen LogP contribution in [0, 0.1) is 0 Å². The van der Waals surface area contributed by atoms with Crippen molar-refractivity contribution in [2.75, 3.05) is 0 Å². The molecule has 5 heteroatoms. The van der Waals surface area contributed by atoms with Crippen LogP contribution in [0.2, 0.25) is 0 Å². The second-order valence-electron chi connectivity index (χ2n) is 6.05. The molecule has 5 nitrogen and oxygen atoms in total. The van der Waals surface area contributed by atoms with Crippen LogP contribution >= 0.6 is 0 Å². The van der Waals surface area contributed by atoms with Crippen LogP contribution in [0.4, 0.5) is 0 Å². The molecule has 114 valence electrons. The first kappa shape index (κ1) is 12.1. The first-order chi connectivity index (χ1) is 11.8. The molecular weight excluding hydrogens is 300 g/mol. The number of imidazole rings is 2. The lowest BCUT2D eigenvalue weighted by atomic mass is 10.2. The Balaban J connectivity index is 1.97. The number of hydrogen-bond acceptors (Lipinski definition) is 3. The van der Waals surface area contributed by atoms with Gasteiger partial charge in [0.2, 0.25) is 5.78 Å². The van der Waals surface area contributed by atoms with Gasteiger partial charge in [-0.25, -0.2) is 4.98 Å². The third-order valence-electron chi connectivity index (χ3n) is 4.77. The molecule has 0 aliphatic heterocycles. The fourth-order valence-electron chi connectivity index (χ4n) is 3.75. The van der Waals surface area contributed by atoms with Gasteiger partial charge in [0.1, 0.15) is 11.1 Å². The number of fused-ring (bicyclic) bond motifs is 9. The predicted octanol–water partition coefficient (Wildman–Crippen LogP) is 4.27. The second kappa shape index (κ2) is 3.94. The molecule has 24 heavy (non-hydrogen) atoms. The topological polar surface area (TPSA) is 48.3 Å². The maximum atomic E-state index is 5.97. The Morgan fingerprint density at radius 3 is 2.79 bits per heavy atom. The maximum absolute atomic E-state index is 5.97. The average Bonchev–Trinajstić information content (AvgIpc) is 3.25. The van der Waals surface area contributed by atoms with Gasteiger partial charge in [-0.2, -0.15) is 0 Å². The summed E-state index contributed by atoms with van der Waals surface area (Å²) in [6, 6.07) is 16.2. The summed E-state index contributed by atoms with van der Waals surface area (Å²) in [7, 11) is 2.05. The van der Waals surface area contributed by atoms with Crippen LogP contribution in [-0.2, 0) is 7.05 Å². The van der Waals surface area contributed by atoms with Gasteiger partial charge in [0, 0.05) is 13.2 Å². The van der Waals surface area contributed by atoms with Crippen molar-refractivity contribution in [3.63, 3.8) is 0 Å². The van der Waals surface area contributed by atoms with E-state index in [2.05, 4.69) is 26.1 Å². The largest absolute Gasteiger partial charge is 0.454 e.